The quantitative estimate of drug-likeness (QED) is 0.300. The molecule has 1 saturated heterocycles. The summed E-state index contributed by atoms with van der Waals surface area (Å²) in [5, 5.41) is 40.1. The maximum atomic E-state index is 13.0. The number of esters is 1. The van der Waals surface area contributed by atoms with Crippen molar-refractivity contribution in [3.63, 3.8) is 0 Å². The van der Waals surface area contributed by atoms with E-state index in [4.69, 9.17) is 19.3 Å². The van der Waals surface area contributed by atoms with Crippen molar-refractivity contribution in [3.8, 4) is 11.5 Å². The summed E-state index contributed by atoms with van der Waals surface area (Å²) < 4.78 is 17.7. The molecule has 3 aliphatic rings. The molecule has 1 aromatic carbocycles. The highest BCUT2D eigenvalue weighted by Crippen LogP contribution is 2.62. The number of carbonyl (C=O) groups is 4. The molecule has 0 unspecified atom stereocenters. The van der Waals surface area contributed by atoms with E-state index >= 15 is 0 Å². The fourth-order valence-electron chi connectivity index (χ4n) is 6.44. The first-order chi connectivity index (χ1) is 18.8. The summed E-state index contributed by atoms with van der Waals surface area (Å²) in [5.41, 5.74) is -0.600. The second kappa shape index (κ2) is 10.8. The summed E-state index contributed by atoms with van der Waals surface area (Å²) in [7, 11) is 3.44. The van der Waals surface area contributed by atoms with E-state index in [1.165, 1.54) is 7.11 Å². The number of Topliss-reactive ketones (excluding diaryl/α,β-unsaturated/α-hetero) is 1. The van der Waals surface area contributed by atoms with Gasteiger partial charge in [0, 0.05) is 30.9 Å². The largest absolute Gasteiger partial charge is 0.493 e. The zero-order valence-electron chi connectivity index (χ0n) is 22.9. The number of benzene rings is 1. The van der Waals surface area contributed by atoms with E-state index in [0.717, 1.165) is 11.1 Å². The number of likely N-dealkylation sites (N-methyl/N-ethyl adjacent to an activating group) is 1. The zero-order valence-corrected chi connectivity index (χ0v) is 22.9. The monoisotopic (exact) mass is 561 g/mol. The average Bonchev–Trinajstić information content (AvgIpc) is 3.25. The number of carbonyl (C=O) groups excluding carboxylic acids is 2. The van der Waals surface area contributed by atoms with Gasteiger partial charge in [0.2, 0.25) is 0 Å². The molecule has 2 aliphatic heterocycles. The van der Waals surface area contributed by atoms with Crippen LogP contribution in [0.15, 0.2) is 24.0 Å². The molecule has 2 heterocycles. The normalized spacial score (nSPS) is 28.6. The van der Waals surface area contributed by atoms with Crippen LogP contribution in [0.1, 0.15) is 50.2 Å². The summed E-state index contributed by atoms with van der Waals surface area (Å²) >= 11 is 0. The van der Waals surface area contributed by atoms with E-state index in [2.05, 4.69) is 4.90 Å². The van der Waals surface area contributed by atoms with Crippen LogP contribution in [0.5, 0.6) is 11.5 Å². The van der Waals surface area contributed by atoms with Gasteiger partial charge in [-0.1, -0.05) is 6.07 Å². The highest BCUT2D eigenvalue weighted by Gasteiger charge is 2.69. The molecular formula is C28H35NO11. The number of ketones is 1. The lowest BCUT2D eigenvalue weighted by molar-refractivity contribution is -0.163. The second-order valence-corrected chi connectivity index (χ2v) is 10.9. The highest BCUT2D eigenvalue weighted by molar-refractivity contribution is 5.89. The van der Waals surface area contributed by atoms with Crippen LogP contribution >= 0.6 is 0 Å². The molecule has 12 nitrogen and oxygen atoms in total. The number of aliphatic carboxylic acids is 2. The van der Waals surface area contributed by atoms with Gasteiger partial charge in [0.25, 0.3) is 0 Å². The van der Waals surface area contributed by atoms with Crippen molar-refractivity contribution >= 4 is 23.7 Å². The van der Waals surface area contributed by atoms with E-state index in [1.807, 2.05) is 27.0 Å². The number of hydrogen-bond donors (Lipinski definition) is 4. The van der Waals surface area contributed by atoms with Crippen LogP contribution in [-0.4, -0.2) is 93.6 Å². The molecule has 0 bridgehead atoms. The van der Waals surface area contributed by atoms with Gasteiger partial charge in [-0.15, -0.1) is 0 Å². The molecule has 4 N–H and O–H groups in total. The molecule has 40 heavy (non-hydrogen) atoms. The number of rotatable bonds is 10. The van der Waals surface area contributed by atoms with Gasteiger partial charge >= 0.3 is 17.9 Å². The number of aliphatic hydroxyl groups excluding tert-OH is 1. The first-order valence-corrected chi connectivity index (χ1v) is 13.1. The molecule has 6 atom stereocenters. The number of nitrogens with zero attached hydrogens (tertiary/aromatic N) is 1. The Kier molecular flexibility index (Phi) is 7.99. The van der Waals surface area contributed by atoms with Crippen molar-refractivity contribution < 1.29 is 53.8 Å². The predicted molar refractivity (Wildman–Crippen MR) is 138 cm³/mol. The summed E-state index contributed by atoms with van der Waals surface area (Å²) in [6.45, 7) is 4.49. The molecule has 218 valence electrons. The summed E-state index contributed by atoms with van der Waals surface area (Å²) in [6.07, 6.45) is -2.73. The van der Waals surface area contributed by atoms with Gasteiger partial charge in [-0.3, -0.25) is 14.4 Å². The van der Waals surface area contributed by atoms with Crippen LogP contribution in [0.4, 0.5) is 0 Å². The van der Waals surface area contributed by atoms with Crippen LogP contribution in [0.2, 0.25) is 0 Å². The van der Waals surface area contributed by atoms with Crippen LogP contribution in [0.3, 0.4) is 0 Å². The molecule has 0 saturated carbocycles. The van der Waals surface area contributed by atoms with E-state index in [1.54, 1.807) is 12.1 Å². The van der Waals surface area contributed by atoms with Gasteiger partial charge in [-0.05, 0) is 51.6 Å². The van der Waals surface area contributed by atoms with Crippen molar-refractivity contribution in [1.29, 1.82) is 0 Å². The molecule has 0 aromatic heterocycles. The number of aliphatic hydroxyl groups is 2. The van der Waals surface area contributed by atoms with Crippen molar-refractivity contribution in [3.05, 3.63) is 35.1 Å². The topological polar surface area (TPSA) is 180 Å². The second-order valence-electron chi connectivity index (χ2n) is 10.9. The number of hydrogen-bond acceptors (Lipinski definition) is 10. The fourth-order valence-corrected chi connectivity index (χ4v) is 6.44. The SMILES string of the molecule is COc1ccc(C)c2c1O[C@H]1C(OC(=O)C[C@H](CC(=O)C[C@H](O)C(=O)O)C(=O)O)=CC[C@@]3(O)[C@@H](C)N(C)CC[C@]213. The molecule has 0 radical (unpaired) electrons. The first-order valence-electron chi connectivity index (χ1n) is 13.1. The van der Waals surface area contributed by atoms with E-state index in [0.29, 0.717) is 24.5 Å². The maximum absolute atomic E-state index is 13.0. The Labute approximate surface area is 231 Å². The van der Waals surface area contributed by atoms with Crippen LogP contribution in [-0.2, 0) is 29.3 Å². The smallest absolute Gasteiger partial charge is 0.332 e. The van der Waals surface area contributed by atoms with Crippen molar-refractivity contribution in [1.82, 2.24) is 4.90 Å². The highest BCUT2D eigenvalue weighted by atomic mass is 16.6. The van der Waals surface area contributed by atoms with Crippen LogP contribution in [0, 0.1) is 12.8 Å². The molecule has 1 fully saturated rings. The fraction of sp³-hybridized carbons (Fsp3) is 0.571. The average molecular weight is 562 g/mol. The predicted octanol–water partition coefficient (Wildman–Crippen LogP) is 1.17. The Morgan fingerprint density at radius 3 is 2.48 bits per heavy atom. The number of carboxylic acids is 2. The molecule has 1 aromatic rings. The van der Waals surface area contributed by atoms with Gasteiger partial charge in [-0.25, -0.2) is 4.79 Å². The Morgan fingerprint density at radius 1 is 1.15 bits per heavy atom. The number of methoxy groups -OCH3 is 1. The van der Waals surface area contributed by atoms with Gasteiger partial charge in [0.15, 0.2) is 23.7 Å². The number of aryl methyl sites for hydroxylation is 1. The van der Waals surface area contributed by atoms with Gasteiger partial charge < -0.3 is 39.5 Å². The number of likely N-dealkylation sites (tertiary alicyclic amines) is 1. The minimum absolute atomic E-state index is 0.140. The lowest BCUT2D eigenvalue weighted by Crippen LogP contribution is -2.71. The summed E-state index contributed by atoms with van der Waals surface area (Å²) in [5.74, 6) is -5.19. The Morgan fingerprint density at radius 2 is 1.85 bits per heavy atom. The number of piperidine rings is 1. The van der Waals surface area contributed by atoms with Crippen molar-refractivity contribution in [2.24, 2.45) is 5.92 Å². The summed E-state index contributed by atoms with van der Waals surface area (Å²) in [6, 6.07) is 3.38. The third kappa shape index (κ3) is 4.73. The molecule has 4 rings (SSSR count). The third-order valence-corrected chi connectivity index (χ3v) is 8.71. The number of fused-ring (bicyclic) bond motifs is 1. The van der Waals surface area contributed by atoms with E-state index < -0.39 is 72.1 Å². The first kappa shape index (κ1) is 29.5. The Bertz CT molecular complexity index is 1260. The van der Waals surface area contributed by atoms with Gasteiger partial charge in [0.1, 0.15) is 11.5 Å². The standard InChI is InChI=1S/C28H35NO11/c1-14-5-6-19(38-4)23-22(14)27-9-10-29(3)15(2)28(27,37)8-7-20(24(27)40-23)39-21(32)12-16(25(33)34)11-17(30)13-18(31)26(35)36/h5-7,15-16,18,24,31,37H,8-13H2,1-4H3,(H,33,34)(H,35,36)/t15-,16+,18+,24+,27+,28-/m1/s1. The van der Waals surface area contributed by atoms with E-state index in [-0.39, 0.29) is 18.2 Å². The van der Waals surface area contributed by atoms with Crippen LogP contribution < -0.4 is 9.47 Å². The Hall–Kier alpha value is -3.48. The molecular weight excluding hydrogens is 526 g/mol. The lowest BCUT2D eigenvalue weighted by atomic mass is 9.54. The number of carboxylic acid groups (broad SMARTS) is 2. The summed E-state index contributed by atoms with van der Waals surface area (Å²) in [4.78, 5) is 49.8. The van der Waals surface area contributed by atoms with Crippen molar-refractivity contribution in [2.45, 2.75) is 75.2 Å². The minimum atomic E-state index is -1.96. The van der Waals surface area contributed by atoms with Crippen LogP contribution in [0.25, 0.3) is 0 Å². The lowest BCUT2D eigenvalue weighted by Gasteiger charge is -2.58. The molecule has 12 heteroatoms. The molecule has 1 spiro atoms. The molecule has 1 aliphatic carbocycles. The maximum Gasteiger partial charge on any atom is 0.332 e. The van der Waals surface area contributed by atoms with Gasteiger partial charge in [0.05, 0.1) is 30.5 Å². The number of ether oxygens (including phenoxy) is 3. The third-order valence-electron chi connectivity index (χ3n) is 8.71. The van der Waals surface area contributed by atoms with Gasteiger partial charge in [-0.2, -0.15) is 0 Å². The zero-order chi connectivity index (χ0) is 29.6. The van der Waals surface area contributed by atoms with E-state index in [9.17, 15) is 34.5 Å². The van der Waals surface area contributed by atoms with Crippen molar-refractivity contribution in [2.75, 3.05) is 20.7 Å². The minimum Gasteiger partial charge on any atom is -0.493 e. The Balaban J connectivity index is 1.63. The molecule has 0 amide bonds.